The van der Waals surface area contributed by atoms with E-state index in [9.17, 15) is 9.90 Å². The summed E-state index contributed by atoms with van der Waals surface area (Å²) in [5.74, 6) is -0.442. The first-order valence-electron chi connectivity index (χ1n) is 11.1. The normalized spacial score (nSPS) is 12.3. The summed E-state index contributed by atoms with van der Waals surface area (Å²) < 4.78 is 5.12. The van der Waals surface area contributed by atoms with Gasteiger partial charge in [0.2, 0.25) is 0 Å². The van der Waals surface area contributed by atoms with Crippen LogP contribution in [0.4, 0.5) is 0 Å². The smallest absolute Gasteiger partial charge is 0.334 e. The number of hydrogen-bond donors (Lipinski definition) is 1. The fourth-order valence-corrected chi connectivity index (χ4v) is 3.08. The van der Waals surface area contributed by atoms with E-state index in [1.165, 1.54) is 77.0 Å². The van der Waals surface area contributed by atoms with Crippen LogP contribution in [0.1, 0.15) is 123 Å². The third-order valence-corrected chi connectivity index (χ3v) is 4.85. The van der Waals surface area contributed by atoms with Crippen molar-refractivity contribution >= 4 is 5.97 Å². The summed E-state index contributed by atoms with van der Waals surface area (Å²) in [6.45, 7) is 4.78. The standard InChI is InChI=1S/C22H44O3/c1-3-5-7-8-9-10-11-12-13-14-15-16-17-18-20-25-22(24)21(23)19-6-4-2/h21,23H,3-20H2,1-2H3. The fourth-order valence-electron chi connectivity index (χ4n) is 3.08. The third kappa shape index (κ3) is 18.0. The van der Waals surface area contributed by atoms with Crippen LogP contribution in [0.5, 0.6) is 0 Å². The maximum atomic E-state index is 11.5. The lowest BCUT2D eigenvalue weighted by Gasteiger charge is -2.10. The molecule has 0 bridgehead atoms. The van der Waals surface area contributed by atoms with Crippen LogP contribution in [0.2, 0.25) is 0 Å². The molecule has 0 rings (SSSR count). The van der Waals surface area contributed by atoms with Crippen molar-refractivity contribution in [3.05, 3.63) is 0 Å². The minimum absolute atomic E-state index is 0.442. The van der Waals surface area contributed by atoms with Gasteiger partial charge in [0.15, 0.2) is 6.10 Å². The molecule has 1 atom stereocenters. The van der Waals surface area contributed by atoms with Gasteiger partial charge >= 0.3 is 5.97 Å². The molecule has 0 radical (unpaired) electrons. The molecule has 1 unspecified atom stereocenters. The number of rotatable bonds is 19. The lowest BCUT2D eigenvalue weighted by molar-refractivity contribution is -0.154. The number of esters is 1. The van der Waals surface area contributed by atoms with Gasteiger partial charge in [-0.2, -0.15) is 0 Å². The maximum absolute atomic E-state index is 11.5. The van der Waals surface area contributed by atoms with Crippen molar-refractivity contribution in [3.8, 4) is 0 Å². The van der Waals surface area contributed by atoms with Crippen molar-refractivity contribution in [1.82, 2.24) is 0 Å². The van der Waals surface area contributed by atoms with Crippen LogP contribution < -0.4 is 0 Å². The van der Waals surface area contributed by atoms with Gasteiger partial charge in [-0.15, -0.1) is 0 Å². The summed E-state index contributed by atoms with van der Waals surface area (Å²) in [5.41, 5.74) is 0. The molecule has 3 nitrogen and oxygen atoms in total. The van der Waals surface area contributed by atoms with E-state index < -0.39 is 12.1 Å². The summed E-state index contributed by atoms with van der Waals surface area (Å²) >= 11 is 0. The van der Waals surface area contributed by atoms with Gasteiger partial charge in [-0.25, -0.2) is 4.79 Å². The molecule has 0 aromatic heterocycles. The first kappa shape index (κ1) is 24.4. The highest BCUT2D eigenvalue weighted by Crippen LogP contribution is 2.13. The highest BCUT2D eigenvalue weighted by atomic mass is 16.5. The maximum Gasteiger partial charge on any atom is 0.334 e. The minimum atomic E-state index is -0.924. The van der Waals surface area contributed by atoms with Gasteiger partial charge in [-0.1, -0.05) is 110 Å². The van der Waals surface area contributed by atoms with Crippen molar-refractivity contribution in [3.63, 3.8) is 0 Å². The molecule has 0 amide bonds. The largest absolute Gasteiger partial charge is 0.464 e. The van der Waals surface area contributed by atoms with Crippen molar-refractivity contribution in [2.45, 2.75) is 129 Å². The Morgan fingerprint density at radius 3 is 1.52 bits per heavy atom. The van der Waals surface area contributed by atoms with Gasteiger partial charge in [-0.05, 0) is 12.8 Å². The molecular weight excluding hydrogens is 312 g/mol. The van der Waals surface area contributed by atoms with Gasteiger partial charge in [0.05, 0.1) is 6.61 Å². The molecule has 0 aliphatic rings. The van der Waals surface area contributed by atoms with Crippen molar-refractivity contribution in [1.29, 1.82) is 0 Å². The first-order chi connectivity index (χ1) is 12.2. The Labute approximate surface area is 156 Å². The zero-order valence-corrected chi connectivity index (χ0v) is 17.1. The molecule has 0 heterocycles. The van der Waals surface area contributed by atoms with Crippen molar-refractivity contribution in [2.24, 2.45) is 0 Å². The number of unbranched alkanes of at least 4 members (excludes halogenated alkanes) is 14. The molecule has 0 aromatic rings. The summed E-state index contributed by atoms with van der Waals surface area (Å²) in [4.78, 5) is 11.5. The third-order valence-electron chi connectivity index (χ3n) is 4.85. The molecule has 0 fully saturated rings. The van der Waals surface area contributed by atoms with E-state index in [4.69, 9.17) is 4.74 Å². The lowest BCUT2D eigenvalue weighted by atomic mass is 10.0. The Balaban J connectivity index is 3.17. The highest BCUT2D eigenvalue weighted by molar-refractivity contribution is 5.74. The van der Waals surface area contributed by atoms with Gasteiger partial charge < -0.3 is 9.84 Å². The molecule has 0 aromatic carbocycles. The van der Waals surface area contributed by atoms with Gasteiger partial charge in [0.1, 0.15) is 0 Å². The Morgan fingerprint density at radius 2 is 1.08 bits per heavy atom. The van der Waals surface area contributed by atoms with E-state index in [1.54, 1.807) is 0 Å². The molecule has 25 heavy (non-hydrogen) atoms. The van der Waals surface area contributed by atoms with E-state index in [2.05, 4.69) is 6.92 Å². The fraction of sp³-hybridized carbons (Fsp3) is 0.955. The van der Waals surface area contributed by atoms with Crippen LogP contribution >= 0.6 is 0 Å². The monoisotopic (exact) mass is 356 g/mol. The molecule has 0 spiro atoms. The van der Waals surface area contributed by atoms with E-state index in [1.807, 2.05) is 6.92 Å². The van der Waals surface area contributed by atoms with Crippen LogP contribution in [0.3, 0.4) is 0 Å². The minimum Gasteiger partial charge on any atom is -0.464 e. The van der Waals surface area contributed by atoms with Gasteiger partial charge in [0.25, 0.3) is 0 Å². The van der Waals surface area contributed by atoms with Crippen LogP contribution in [-0.4, -0.2) is 23.8 Å². The Bertz CT molecular complexity index is 278. The predicted octanol–water partition coefficient (Wildman–Crippen LogP) is 6.56. The molecule has 0 saturated heterocycles. The zero-order valence-electron chi connectivity index (χ0n) is 17.1. The zero-order chi connectivity index (χ0) is 18.6. The number of ether oxygens (including phenoxy) is 1. The Kier molecular flexibility index (Phi) is 19.3. The predicted molar refractivity (Wildman–Crippen MR) is 107 cm³/mol. The Morgan fingerprint density at radius 1 is 0.680 bits per heavy atom. The second kappa shape index (κ2) is 19.8. The number of hydrogen-bond acceptors (Lipinski definition) is 3. The number of carbonyl (C=O) groups excluding carboxylic acids is 1. The van der Waals surface area contributed by atoms with E-state index in [0.717, 1.165) is 25.7 Å². The second-order valence-corrected chi connectivity index (χ2v) is 7.42. The first-order valence-corrected chi connectivity index (χ1v) is 11.1. The number of aliphatic hydroxyl groups excluding tert-OH is 1. The second-order valence-electron chi connectivity index (χ2n) is 7.42. The Hall–Kier alpha value is -0.570. The van der Waals surface area contributed by atoms with Crippen molar-refractivity contribution in [2.75, 3.05) is 6.61 Å². The summed E-state index contributed by atoms with van der Waals surface area (Å²) in [7, 11) is 0. The van der Waals surface area contributed by atoms with Gasteiger partial charge in [0, 0.05) is 0 Å². The average molecular weight is 357 g/mol. The molecular formula is C22H44O3. The van der Waals surface area contributed by atoms with E-state index in [-0.39, 0.29) is 0 Å². The van der Waals surface area contributed by atoms with Crippen LogP contribution in [-0.2, 0) is 9.53 Å². The number of aliphatic hydroxyl groups is 1. The summed E-state index contributed by atoms with van der Waals surface area (Å²) in [5, 5.41) is 9.59. The quantitative estimate of drug-likeness (QED) is 0.210. The topological polar surface area (TPSA) is 46.5 Å². The van der Waals surface area contributed by atoms with E-state index >= 15 is 0 Å². The molecule has 0 saturated carbocycles. The SMILES string of the molecule is CCCCCCCCCCCCCCCCOC(=O)C(O)CCCC. The summed E-state index contributed by atoms with van der Waals surface area (Å²) in [6, 6.07) is 0. The van der Waals surface area contributed by atoms with Crippen LogP contribution in [0.25, 0.3) is 0 Å². The average Bonchev–Trinajstić information content (AvgIpc) is 2.62. The molecule has 150 valence electrons. The van der Waals surface area contributed by atoms with Crippen LogP contribution in [0, 0.1) is 0 Å². The van der Waals surface area contributed by atoms with E-state index in [0.29, 0.717) is 13.0 Å². The van der Waals surface area contributed by atoms with Gasteiger partial charge in [-0.3, -0.25) is 0 Å². The number of carbonyl (C=O) groups is 1. The summed E-state index contributed by atoms with van der Waals surface area (Å²) in [6.07, 6.45) is 19.9. The highest BCUT2D eigenvalue weighted by Gasteiger charge is 2.15. The van der Waals surface area contributed by atoms with Crippen molar-refractivity contribution < 1.29 is 14.6 Å². The molecule has 3 heteroatoms. The molecule has 1 N–H and O–H groups in total. The molecule has 0 aliphatic heterocycles. The molecule has 0 aliphatic carbocycles. The van der Waals surface area contributed by atoms with Crippen LogP contribution in [0.15, 0.2) is 0 Å². The lowest BCUT2D eigenvalue weighted by Crippen LogP contribution is -2.23.